The van der Waals surface area contributed by atoms with E-state index in [1.165, 1.54) is 13.4 Å². The molecule has 3 rings (SSSR count). The molecule has 1 amide bonds. The Morgan fingerprint density at radius 1 is 0.966 bits per heavy atom. The molecule has 0 aliphatic carbocycles. The molecule has 2 aromatic carbocycles. The number of hydrogen-bond acceptors (Lipinski definition) is 7. The SMILES string of the molecule is CCOc1ccc(Nc2cc(C(=O)Nc3ccc(C(=O)OC)cc3)ncn2)cc1. The fourth-order valence-electron chi connectivity index (χ4n) is 2.50. The number of nitrogens with zero attached hydrogens (tertiary/aromatic N) is 2. The number of anilines is 3. The summed E-state index contributed by atoms with van der Waals surface area (Å²) in [7, 11) is 1.31. The highest BCUT2D eigenvalue weighted by Crippen LogP contribution is 2.19. The summed E-state index contributed by atoms with van der Waals surface area (Å²) in [6.07, 6.45) is 1.31. The summed E-state index contributed by atoms with van der Waals surface area (Å²) >= 11 is 0. The van der Waals surface area contributed by atoms with Crippen LogP contribution in [0, 0.1) is 0 Å². The van der Waals surface area contributed by atoms with Crippen LogP contribution in [0.25, 0.3) is 0 Å². The van der Waals surface area contributed by atoms with Gasteiger partial charge in [0, 0.05) is 17.4 Å². The van der Waals surface area contributed by atoms with E-state index in [9.17, 15) is 9.59 Å². The zero-order valence-electron chi connectivity index (χ0n) is 16.0. The Kier molecular flexibility index (Phi) is 6.36. The Labute approximate surface area is 167 Å². The monoisotopic (exact) mass is 392 g/mol. The molecular formula is C21H20N4O4. The number of aromatic nitrogens is 2. The lowest BCUT2D eigenvalue weighted by Crippen LogP contribution is -2.14. The van der Waals surface area contributed by atoms with Crippen molar-refractivity contribution in [3.8, 4) is 5.75 Å². The average molecular weight is 392 g/mol. The standard InChI is InChI=1S/C21H20N4O4/c1-3-29-17-10-8-15(9-11-17)24-19-12-18(22-13-23-19)20(26)25-16-6-4-14(5-7-16)21(27)28-2/h4-13H,3H2,1-2H3,(H,25,26)(H,22,23,24). The normalized spacial score (nSPS) is 10.1. The van der Waals surface area contributed by atoms with E-state index in [0.29, 0.717) is 23.7 Å². The molecule has 0 atom stereocenters. The third kappa shape index (κ3) is 5.29. The van der Waals surface area contributed by atoms with Crippen molar-refractivity contribution in [2.24, 2.45) is 0 Å². The quantitative estimate of drug-likeness (QED) is 0.592. The zero-order chi connectivity index (χ0) is 20.6. The van der Waals surface area contributed by atoms with Crippen LogP contribution in [-0.4, -0.2) is 35.6 Å². The van der Waals surface area contributed by atoms with Gasteiger partial charge in [0.2, 0.25) is 0 Å². The molecule has 0 radical (unpaired) electrons. The molecular weight excluding hydrogens is 372 g/mol. The smallest absolute Gasteiger partial charge is 0.337 e. The first-order valence-corrected chi connectivity index (χ1v) is 8.90. The van der Waals surface area contributed by atoms with Gasteiger partial charge in [-0.25, -0.2) is 14.8 Å². The van der Waals surface area contributed by atoms with E-state index in [-0.39, 0.29) is 5.69 Å². The number of nitrogens with one attached hydrogen (secondary N) is 2. The van der Waals surface area contributed by atoms with Gasteiger partial charge in [0.25, 0.3) is 5.91 Å². The topological polar surface area (TPSA) is 102 Å². The van der Waals surface area contributed by atoms with Crippen molar-refractivity contribution in [3.63, 3.8) is 0 Å². The minimum absolute atomic E-state index is 0.200. The second-order valence-corrected chi connectivity index (χ2v) is 5.89. The molecule has 0 saturated heterocycles. The fraction of sp³-hybridized carbons (Fsp3) is 0.143. The first-order valence-electron chi connectivity index (χ1n) is 8.90. The van der Waals surface area contributed by atoms with Crippen LogP contribution in [0.1, 0.15) is 27.8 Å². The summed E-state index contributed by atoms with van der Waals surface area (Å²) in [5.74, 6) is 0.422. The summed E-state index contributed by atoms with van der Waals surface area (Å²) in [5, 5.41) is 5.85. The van der Waals surface area contributed by atoms with Gasteiger partial charge in [0.1, 0.15) is 23.6 Å². The van der Waals surface area contributed by atoms with Crippen LogP contribution in [0.15, 0.2) is 60.9 Å². The lowest BCUT2D eigenvalue weighted by molar-refractivity contribution is 0.0600. The van der Waals surface area contributed by atoms with E-state index in [1.54, 1.807) is 30.3 Å². The Morgan fingerprint density at radius 2 is 1.66 bits per heavy atom. The van der Waals surface area contributed by atoms with E-state index in [0.717, 1.165) is 11.4 Å². The van der Waals surface area contributed by atoms with E-state index in [1.807, 2.05) is 31.2 Å². The molecule has 0 unspecified atom stereocenters. The van der Waals surface area contributed by atoms with Crippen LogP contribution in [0.5, 0.6) is 5.75 Å². The predicted octanol–water partition coefficient (Wildman–Crippen LogP) is 3.66. The van der Waals surface area contributed by atoms with Gasteiger partial charge in [-0.3, -0.25) is 4.79 Å². The molecule has 0 aliphatic rings. The fourth-order valence-corrected chi connectivity index (χ4v) is 2.50. The number of ether oxygens (including phenoxy) is 2. The van der Waals surface area contributed by atoms with Gasteiger partial charge >= 0.3 is 5.97 Å². The van der Waals surface area contributed by atoms with Gasteiger partial charge in [0.15, 0.2) is 0 Å². The molecule has 0 aliphatic heterocycles. The number of carbonyl (C=O) groups excluding carboxylic acids is 2. The third-order valence-corrected chi connectivity index (χ3v) is 3.90. The maximum atomic E-state index is 12.5. The van der Waals surface area contributed by atoms with E-state index in [2.05, 4.69) is 25.3 Å². The molecule has 3 aromatic rings. The van der Waals surface area contributed by atoms with E-state index < -0.39 is 11.9 Å². The Bertz CT molecular complexity index is 988. The second-order valence-electron chi connectivity index (χ2n) is 5.89. The van der Waals surface area contributed by atoms with Gasteiger partial charge in [0.05, 0.1) is 19.3 Å². The highest BCUT2D eigenvalue weighted by molar-refractivity contribution is 6.03. The molecule has 0 fully saturated rings. The average Bonchev–Trinajstić information content (AvgIpc) is 2.75. The van der Waals surface area contributed by atoms with Crippen LogP contribution in [-0.2, 0) is 4.74 Å². The van der Waals surface area contributed by atoms with Crippen molar-refractivity contribution in [2.45, 2.75) is 6.92 Å². The van der Waals surface area contributed by atoms with Crippen molar-refractivity contribution in [3.05, 3.63) is 72.2 Å². The van der Waals surface area contributed by atoms with Crippen molar-refractivity contribution in [1.82, 2.24) is 9.97 Å². The van der Waals surface area contributed by atoms with Crippen LogP contribution in [0.4, 0.5) is 17.2 Å². The van der Waals surface area contributed by atoms with Crippen LogP contribution < -0.4 is 15.4 Å². The summed E-state index contributed by atoms with van der Waals surface area (Å²) in [6, 6.07) is 15.3. The first kappa shape index (κ1) is 19.8. The highest BCUT2D eigenvalue weighted by Gasteiger charge is 2.11. The van der Waals surface area contributed by atoms with E-state index in [4.69, 9.17) is 4.74 Å². The molecule has 8 nitrogen and oxygen atoms in total. The first-order chi connectivity index (χ1) is 14.1. The lowest BCUT2D eigenvalue weighted by atomic mass is 10.2. The number of carbonyl (C=O) groups is 2. The van der Waals surface area contributed by atoms with Crippen molar-refractivity contribution < 1.29 is 19.1 Å². The number of hydrogen-bond donors (Lipinski definition) is 2. The largest absolute Gasteiger partial charge is 0.494 e. The minimum atomic E-state index is -0.441. The van der Waals surface area contributed by atoms with Crippen molar-refractivity contribution in [1.29, 1.82) is 0 Å². The number of amides is 1. The number of rotatable bonds is 7. The van der Waals surface area contributed by atoms with Gasteiger partial charge in [-0.05, 0) is 55.5 Å². The Morgan fingerprint density at radius 3 is 2.31 bits per heavy atom. The molecule has 2 N–H and O–H groups in total. The number of methoxy groups -OCH3 is 1. The number of benzene rings is 2. The van der Waals surface area contributed by atoms with Gasteiger partial charge in [-0.15, -0.1) is 0 Å². The summed E-state index contributed by atoms with van der Waals surface area (Å²) in [4.78, 5) is 32.1. The Balaban J connectivity index is 1.66. The molecule has 8 heteroatoms. The predicted molar refractivity (Wildman–Crippen MR) is 109 cm³/mol. The maximum absolute atomic E-state index is 12.5. The van der Waals surface area contributed by atoms with Gasteiger partial charge < -0.3 is 20.1 Å². The lowest BCUT2D eigenvalue weighted by Gasteiger charge is -2.09. The number of esters is 1. The molecule has 0 spiro atoms. The second kappa shape index (κ2) is 9.32. The summed E-state index contributed by atoms with van der Waals surface area (Å²) in [6.45, 7) is 2.52. The summed E-state index contributed by atoms with van der Waals surface area (Å²) < 4.78 is 10.1. The maximum Gasteiger partial charge on any atom is 0.337 e. The summed E-state index contributed by atoms with van der Waals surface area (Å²) in [5.41, 5.74) is 1.93. The van der Waals surface area contributed by atoms with Crippen LogP contribution in [0.2, 0.25) is 0 Å². The Hall–Kier alpha value is -3.94. The van der Waals surface area contributed by atoms with E-state index >= 15 is 0 Å². The van der Waals surface area contributed by atoms with Crippen molar-refractivity contribution >= 4 is 29.1 Å². The highest BCUT2D eigenvalue weighted by atomic mass is 16.5. The third-order valence-electron chi connectivity index (χ3n) is 3.90. The van der Waals surface area contributed by atoms with Gasteiger partial charge in [-0.2, -0.15) is 0 Å². The molecule has 1 aromatic heterocycles. The molecule has 148 valence electrons. The molecule has 0 saturated carbocycles. The minimum Gasteiger partial charge on any atom is -0.494 e. The van der Waals surface area contributed by atoms with Crippen LogP contribution >= 0.6 is 0 Å². The molecule has 0 bridgehead atoms. The molecule has 1 heterocycles. The van der Waals surface area contributed by atoms with Crippen molar-refractivity contribution in [2.75, 3.05) is 24.4 Å². The van der Waals surface area contributed by atoms with Crippen LogP contribution in [0.3, 0.4) is 0 Å². The van der Waals surface area contributed by atoms with Gasteiger partial charge in [-0.1, -0.05) is 0 Å². The zero-order valence-corrected chi connectivity index (χ0v) is 16.0. The molecule has 29 heavy (non-hydrogen) atoms.